The first kappa shape index (κ1) is 23.4. The molecule has 1 heterocycles. The number of nitrogens with one attached hydrogen (secondary N) is 1. The minimum Gasteiger partial charge on any atom is -0.340 e. The molecular formula is C24H25ClF3N3O2. The van der Waals surface area contributed by atoms with Crippen LogP contribution >= 0.6 is 11.6 Å². The number of urea groups is 1. The summed E-state index contributed by atoms with van der Waals surface area (Å²) in [6.45, 7) is 0.749. The quantitative estimate of drug-likeness (QED) is 0.642. The van der Waals surface area contributed by atoms with E-state index in [-0.39, 0.29) is 11.5 Å². The Morgan fingerprint density at radius 3 is 2.45 bits per heavy atom. The van der Waals surface area contributed by atoms with E-state index in [2.05, 4.69) is 5.32 Å². The molecule has 2 fully saturated rings. The van der Waals surface area contributed by atoms with Crippen LogP contribution in [0.1, 0.15) is 42.4 Å². The van der Waals surface area contributed by atoms with Crippen molar-refractivity contribution in [1.29, 1.82) is 0 Å². The second-order valence-corrected chi connectivity index (χ2v) is 9.16. The lowest BCUT2D eigenvalue weighted by molar-refractivity contribution is -0.138. The molecule has 1 saturated heterocycles. The average Bonchev–Trinajstić information content (AvgIpc) is 3.38. The van der Waals surface area contributed by atoms with Gasteiger partial charge in [-0.05, 0) is 55.0 Å². The van der Waals surface area contributed by atoms with Crippen LogP contribution in [0.25, 0.3) is 0 Å². The Labute approximate surface area is 195 Å². The molecule has 1 aliphatic carbocycles. The molecule has 0 radical (unpaired) electrons. The smallest absolute Gasteiger partial charge is 0.340 e. The van der Waals surface area contributed by atoms with Crippen LogP contribution < -0.4 is 5.32 Å². The Hall–Kier alpha value is -2.74. The van der Waals surface area contributed by atoms with Crippen molar-refractivity contribution in [2.75, 3.05) is 13.6 Å². The van der Waals surface area contributed by atoms with Crippen molar-refractivity contribution >= 4 is 23.5 Å². The van der Waals surface area contributed by atoms with Gasteiger partial charge in [0.2, 0.25) is 5.91 Å². The zero-order valence-electron chi connectivity index (χ0n) is 18.2. The molecule has 1 saturated carbocycles. The lowest BCUT2D eigenvalue weighted by Crippen LogP contribution is -2.52. The zero-order chi connectivity index (χ0) is 23.8. The molecule has 2 aromatic carbocycles. The number of amides is 3. The van der Waals surface area contributed by atoms with Crippen LogP contribution in [0.5, 0.6) is 0 Å². The van der Waals surface area contributed by atoms with Crippen LogP contribution in [-0.4, -0.2) is 41.4 Å². The van der Waals surface area contributed by atoms with E-state index in [0.29, 0.717) is 43.8 Å². The maximum absolute atomic E-state index is 13.5. The fourth-order valence-corrected chi connectivity index (χ4v) is 4.60. The van der Waals surface area contributed by atoms with Gasteiger partial charge >= 0.3 is 12.2 Å². The second-order valence-electron chi connectivity index (χ2n) is 8.73. The van der Waals surface area contributed by atoms with E-state index < -0.39 is 29.4 Å². The monoisotopic (exact) mass is 479 g/mol. The van der Waals surface area contributed by atoms with E-state index in [4.69, 9.17) is 11.6 Å². The molecule has 2 aliphatic rings. The van der Waals surface area contributed by atoms with E-state index in [1.54, 1.807) is 30.1 Å². The average molecular weight is 480 g/mol. The Morgan fingerprint density at radius 2 is 1.82 bits per heavy atom. The minimum absolute atomic E-state index is 0.0766. The van der Waals surface area contributed by atoms with Gasteiger partial charge in [0.05, 0.1) is 11.1 Å². The van der Waals surface area contributed by atoms with Gasteiger partial charge in [-0.15, -0.1) is 0 Å². The molecule has 176 valence electrons. The lowest BCUT2D eigenvalue weighted by atomic mass is 9.98. The summed E-state index contributed by atoms with van der Waals surface area (Å²) in [5, 5.41) is 3.42. The molecule has 0 bridgehead atoms. The van der Waals surface area contributed by atoms with Crippen LogP contribution in [-0.2, 0) is 23.1 Å². The first-order chi connectivity index (χ1) is 15.6. The second kappa shape index (κ2) is 8.89. The zero-order valence-corrected chi connectivity index (χ0v) is 18.9. The normalized spacial score (nSPS) is 19.3. The predicted octanol–water partition coefficient (Wildman–Crippen LogP) is 5.18. The minimum atomic E-state index is -4.51. The van der Waals surface area contributed by atoms with Gasteiger partial charge < -0.3 is 15.1 Å². The third-order valence-electron chi connectivity index (χ3n) is 6.35. The van der Waals surface area contributed by atoms with Crippen molar-refractivity contribution in [3.63, 3.8) is 0 Å². The largest absolute Gasteiger partial charge is 0.416 e. The predicted molar refractivity (Wildman–Crippen MR) is 119 cm³/mol. The summed E-state index contributed by atoms with van der Waals surface area (Å²) in [7, 11) is 1.67. The first-order valence-corrected chi connectivity index (χ1v) is 11.2. The number of nitrogens with zero attached hydrogens (tertiary/aromatic N) is 2. The number of carbonyl (C=O) groups excluding carboxylic acids is 2. The van der Waals surface area contributed by atoms with Crippen molar-refractivity contribution in [1.82, 2.24) is 15.1 Å². The molecular weight excluding hydrogens is 455 g/mol. The molecule has 0 spiro atoms. The Morgan fingerprint density at radius 1 is 1.15 bits per heavy atom. The highest BCUT2D eigenvalue weighted by Crippen LogP contribution is 2.50. The van der Waals surface area contributed by atoms with E-state index in [9.17, 15) is 22.8 Å². The summed E-state index contributed by atoms with van der Waals surface area (Å²) in [5.74, 6) is -0.196. The van der Waals surface area contributed by atoms with Crippen LogP contribution in [0, 0.1) is 0 Å². The van der Waals surface area contributed by atoms with Crippen LogP contribution in [0.2, 0.25) is 5.02 Å². The molecule has 1 aliphatic heterocycles. The topological polar surface area (TPSA) is 52.7 Å². The maximum atomic E-state index is 13.5. The molecule has 3 amide bonds. The van der Waals surface area contributed by atoms with Crippen LogP contribution in [0.3, 0.4) is 0 Å². The van der Waals surface area contributed by atoms with Gasteiger partial charge in [-0.2, -0.15) is 13.2 Å². The molecule has 1 N–H and O–H groups in total. The number of carbonyl (C=O) groups is 2. The van der Waals surface area contributed by atoms with Crippen molar-refractivity contribution in [2.24, 2.45) is 0 Å². The SMILES string of the molecule is CN(Cc1ccc(Cl)cc1)C(=O)[C@H]1CCCN1C(=O)NC1(c2ccccc2C(F)(F)F)CC1. The Balaban J connectivity index is 1.46. The van der Waals surface area contributed by atoms with Gasteiger partial charge in [-0.3, -0.25) is 4.79 Å². The first-order valence-electron chi connectivity index (χ1n) is 10.9. The lowest BCUT2D eigenvalue weighted by Gasteiger charge is -2.30. The molecule has 2 aromatic rings. The highest BCUT2D eigenvalue weighted by Gasteiger charge is 2.51. The Kier molecular flexibility index (Phi) is 6.31. The maximum Gasteiger partial charge on any atom is 0.416 e. The van der Waals surface area contributed by atoms with Gasteiger partial charge in [-0.25, -0.2) is 4.79 Å². The molecule has 33 heavy (non-hydrogen) atoms. The highest BCUT2D eigenvalue weighted by molar-refractivity contribution is 6.30. The molecule has 1 atom stereocenters. The Bertz CT molecular complexity index is 1040. The third-order valence-corrected chi connectivity index (χ3v) is 6.60. The van der Waals surface area contributed by atoms with Crippen LogP contribution in [0.4, 0.5) is 18.0 Å². The van der Waals surface area contributed by atoms with E-state index >= 15 is 0 Å². The van der Waals surface area contributed by atoms with E-state index in [0.717, 1.165) is 11.6 Å². The van der Waals surface area contributed by atoms with Crippen molar-refractivity contribution in [3.8, 4) is 0 Å². The molecule has 0 unspecified atom stereocenters. The summed E-state index contributed by atoms with van der Waals surface area (Å²) >= 11 is 5.91. The van der Waals surface area contributed by atoms with Gasteiger partial charge in [-0.1, -0.05) is 41.9 Å². The summed E-state index contributed by atoms with van der Waals surface area (Å²) < 4.78 is 40.6. The summed E-state index contributed by atoms with van der Waals surface area (Å²) in [6.07, 6.45) is -2.48. The number of likely N-dealkylation sites (tertiary alicyclic amines) is 1. The van der Waals surface area contributed by atoms with Gasteiger partial charge in [0.25, 0.3) is 0 Å². The van der Waals surface area contributed by atoms with Crippen LogP contribution in [0.15, 0.2) is 48.5 Å². The van der Waals surface area contributed by atoms with Gasteiger partial charge in [0.15, 0.2) is 0 Å². The number of benzene rings is 2. The summed E-state index contributed by atoms with van der Waals surface area (Å²) in [5.41, 5.74) is -0.800. The summed E-state index contributed by atoms with van der Waals surface area (Å²) in [4.78, 5) is 29.2. The molecule has 9 heteroatoms. The number of likely N-dealkylation sites (N-methyl/N-ethyl adjacent to an activating group) is 1. The number of hydrogen-bond donors (Lipinski definition) is 1. The van der Waals surface area contributed by atoms with Crippen molar-refractivity contribution in [2.45, 2.75) is 50.0 Å². The fourth-order valence-electron chi connectivity index (χ4n) is 4.47. The van der Waals surface area contributed by atoms with E-state index in [1.807, 2.05) is 12.1 Å². The van der Waals surface area contributed by atoms with Gasteiger partial charge in [0.1, 0.15) is 6.04 Å². The van der Waals surface area contributed by atoms with Gasteiger partial charge in [0, 0.05) is 25.2 Å². The number of halogens is 4. The number of rotatable bonds is 5. The fraction of sp³-hybridized carbons (Fsp3) is 0.417. The standard InChI is InChI=1S/C24H25ClF3N3O2/c1-30(15-16-8-10-17(25)11-9-16)21(32)20-7-4-14-31(20)22(33)29-23(12-13-23)18-5-2-3-6-19(18)24(26,27)28/h2-3,5-6,8-11,20H,4,7,12-15H2,1H3,(H,29,33)/t20-/m1/s1. The third kappa shape index (κ3) is 4.95. The van der Waals surface area contributed by atoms with E-state index in [1.165, 1.54) is 17.0 Å². The number of alkyl halides is 3. The van der Waals surface area contributed by atoms with Crippen molar-refractivity contribution in [3.05, 3.63) is 70.2 Å². The molecule has 0 aromatic heterocycles. The summed E-state index contributed by atoms with van der Waals surface area (Å²) in [6, 6.07) is 11.4. The molecule has 5 nitrogen and oxygen atoms in total. The van der Waals surface area contributed by atoms with Crippen molar-refractivity contribution < 1.29 is 22.8 Å². The highest BCUT2D eigenvalue weighted by atomic mass is 35.5. The number of hydrogen-bond acceptors (Lipinski definition) is 2. The molecule has 4 rings (SSSR count).